The molecule has 1 aliphatic rings. The molecule has 45 heavy (non-hydrogen) atoms. The van der Waals surface area contributed by atoms with Crippen molar-refractivity contribution in [3.8, 4) is 5.75 Å². The number of aliphatic carboxylic acids is 1. The normalized spacial score (nSPS) is 17.0. The maximum atomic E-state index is 13.2. The van der Waals surface area contributed by atoms with Crippen LogP contribution in [0.4, 0.5) is 10.9 Å². The Hall–Kier alpha value is -4.63. The number of pyridine rings is 1. The lowest BCUT2D eigenvalue weighted by Gasteiger charge is -2.50. The van der Waals surface area contributed by atoms with Gasteiger partial charge in [0.15, 0.2) is 10.8 Å². The Bertz CT molecular complexity index is 1730. The summed E-state index contributed by atoms with van der Waals surface area (Å²) in [7, 11) is -5.02. The highest BCUT2D eigenvalue weighted by atomic mass is 32.3. The number of nitrogens with one attached hydrogen (secondary N) is 2. The van der Waals surface area contributed by atoms with Crippen LogP contribution < -0.4 is 26.8 Å². The van der Waals surface area contributed by atoms with E-state index in [1.807, 2.05) is 6.07 Å². The molecule has 0 aliphatic carbocycles. The molecule has 1 aromatic carbocycles. The van der Waals surface area contributed by atoms with E-state index in [-0.39, 0.29) is 10.8 Å². The van der Waals surface area contributed by atoms with E-state index >= 15 is 0 Å². The van der Waals surface area contributed by atoms with Crippen LogP contribution in [-0.4, -0.2) is 94.0 Å². The number of nitrogens with two attached hydrogens (primary N) is 2. The van der Waals surface area contributed by atoms with Gasteiger partial charge in [-0.1, -0.05) is 5.16 Å². The predicted molar refractivity (Wildman–Crippen MR) is 160 cm³/mol. The third-order valence-corrected chi connectivity index (χ3v) is 7.41. The van der Waals surface area contributed by atoms with Gasteiger partial charge in [0.1, 0.15) is 29.9 Å². The summed E-state index contributed by atoms with van der Waals surface area (Å²) in [5.41, 5.74) is 9.83. The van der Waals surface area contributed by atoms with Crippen molar-refractivity contribution in [2.45, 2.75) is 38.0 Å². The van der Waals surface area contributed by atoms with Gasteiger partial charge in [-0.25, -0.2) is 14.8 Å². The second-order valence-corrected chi connectivity index (χ2v) is 12.0. The lowest BCUT2D eigenvalue weighted by atomic mass is 9.84. The van der Waals surface area contributed by atoms with Gasteiger partial charge in [-0.2, -0.15) is 13.5 Å². The summed E-state index contributed by atoms with van der Waals surface area (Å²) in [6, 6.07) is 7.25. The number of hydrogen-bond donors (Lipinski definition) is 6. The third kappa shape index (κ3) is 8.10. The zero-order chi connectivity index (χ0) is 32.9. The number of hydrogen-bond acceptors (Lipinski definition) is 15. The lowest BCUT2D eigenvalue weighted by Crippen LogP contribution is -2.76. The number of nitrogens with zero attached hydrogens (tertiary/aromatic N) is 4. The van der Waals surface area contributed by atoms with Crippen LogP contribution in [0.15, 0.2) is 40.9 Å². The van der Waals surface area contributed by atoms with Gasteiger partial charge in [0, 0.05) is 17.3 Å². The first-order valence-electron chi connectivity index (χ1n) is 13.2. The number of carboxylic acids is 1. The summed E-state index contributed by atoms with van der Waals surface area (Å²) in [5, 5.41) is 21.5. The van der Waals surface area contributed by atoms with Gasteiger partial charge in [0.25, 0.3) is 17.9 Å². The molecule has 8 N–H and O–H groups in total. The molecule has 0 radical (unpaired) electrons. The molecular formula is C25H30N8O10S2. The average molecular weight is 667 g/mol. The molecule has 18 nitrogen and oxygen atoms in total. The summed E-state index contributed by atoms with van der Waals surface area (Å²) in [6.45, 7) is 3.44. The molecule has 3 heterocycles. The van der Waals surface area contributed by atoms with Crippen molar-refractivity contribution in [2.24, 2.45) is 10.9 Å². The Morgan fingerprint density at radius 2 is 2.00 bits per heavy atom. The van der Waals surface area contributed by atoms with Gasteiger partial charge in [0.2, 0.25) is 0 Å². The fourth-order valence-corrected chi connectivity index (χ4v) is 5.07. The summed E-state index contributed by atoms with van der Waals surface area (Å²) >= 11 is 0.956. The number of β-lactam (4-membered cyclic amide) rings is 1. The van der Waals surface area contributed by atoms with Crippen LogP contribution in [0, 0.1) is 0 Å². The maximum Gasteiger partial charge on any atom is 0.418 e. The number of amides is 2. The number of nitrogen functional groups attached to an aromatic ring is 1. The minimum atomic E-state index is -5.02. The minimum absolute atomic E-state index is 0.0562. The molecule has 0 bridgehead atoms. The Balaban J connectivity index is 1.46. The molecule has 3 aromatic rings. The fraction of sp³-hybridized carbons (Fsp3) is 0.360. The van der Waals surface area contributed by atoms with Gasteiger partial charge >= 0.3 is 16.4 Å². The molecule has 1 aliphatic heterocycles. The van der Waals surface area contributed by atoms with Crippen LogP contribution in [0.5, 0.6) is 5.75 Å². The molecule has 1 saturated heterocycles. The van der Waals surface area contributed by atoms with Crippen molar-refractivity contribution in [3.63, 3.8) is 0 Å². The molecule has 4 rings (SSSR count). The van der Waals surface area contributed by atoms with Crippen LogP contribution in [0.25, 0.3) is 10.9 Å². The van der Waals surface area contributed by atoms with Crippen LogP contribution in [0.3, 0.4) is 0 Å². The first kappa shape index (κ1) is 33.3. The monoisotopic (exact) mass is 666 g/mol. The number of rotatable bonds is 15. The van der Waals surface area contributed by atoms with Crippen LogP contribution in [0.1, 0.15) is 26.0 Å². The van der Waals surface area contributed by atoms with Gasteiger partial charge in [0.05, 0.1) is 11.1 Å². The zero-order valence-corrected chi connectivity index (χ0v) is 25.5. The fourth-order valence-electron chi connectivity index (χ4n) is 4.07. The molecule has 2 atom stereocenters. The number of fused-ring (bicyclic) bond motifs is 1. The van der Waals surface area contributed by atoms with Gasteiger partial charge in [-0.3, -0.25) is 14.1 Å². The van der Waals surface area contributed by atoms with E-state index in [2.05, 4.69) is 30.0 Å². The molecule has 0 spiro atoms. The van der Waals surface area contributed by atoms with Crippen LogP contribution >= 0.6 is 11.3 Å². The summed E-state index contributed by atoms with van der Waals surface area (Å²) in [4.78, 5) is 51.3. The molecule has 242 valence electrons. The smallest absolute Gasteiger partial charge is 0.418 e. The number of aromatic nitrogens is 2. The summed E-state index contributed by atoms with van der Waals surface area (Å²) in [6.07, 6.45) is -0.897. The topological polar surface area (TPSA) is 271 Å². The Kier molecular flexibility index (Phi) is 10.0. The number of benzene rings is 1. The molecule has 2 amide bonds. The highest BCUT2D eigenvalue weighted by Crippen LogP contribution is 2.33. The van der Waals surface area contributed by atoms with E-state index in [0.29, 0.717) is 35.2 Å². The lowest BCUT2D eigenvalue weighted by molar-refractivity contribution is -0.218. The van der Waals surface area contributed by atoms with Crippen molar-refractivity contribution in [3.05, 3.63) is 41.4 Å². The molecule has 1 unspecified atom stereocenters. The number of carboxylic acid groups (broad SMARTS) is 1. The van der Waals surface area contributed by atoms with E-state index < -0.39 is 58.2 Å². The molecule has 20 heteroatoms. The number of hydroxylamine groups is 2. The van der Waals surface area contributed by atoms with E-state index in [1.165, 1.54) is 19.2 Å². The predicted octanol–water partition coefficient (Wildman–Crippen LogP) is 0.127. The summed E-state index contributed by atoms with van der Waals surface area (Å²) in [5.74, 6) is -2.48. The number of thiazole rings is 1. The number of carbonyl (C=O) groups excluding carboxylic acids is 2. The second-order valence-electron chi connectivity index (χ2n) is 10.1. The Morgan fingerprint density at radius 3 is 2.62 bits per heavy atom. The number of carbonyl (C=O) groups is 3. The van der Waals surface area contributed by atoms with E-state index in [0.717, 1.165) is 23.1 Å². The van der Waals surface area contributed by atoms with Gasteiger partial charge in [-0.15, -0.1) is 15.6 Å². The maximum absolute atomic E-state index is 13.2. The van der Waals surface area contributed by atoms with Crippen LogP contribution in [-0.2, 0) is 33.9 Å². The largest absolute Gasteiger partial charge is 0.489 e. The van der Waals surface area contributed by atoms with E-state index in [4.69, 9.17) is 25.6 Å². The number of oxime groups is 1. The standard InChI is InChI=1S/C25H30N8O10S2/c1-25(2)20(22(35)33(25)43-45(38,39)40)31-21(34)19(16-12-44-24(27)30-16)32-42-17(23(36)37)11-41-14-5-6-15-13(10-14)4-7-18(29-15)28-9-3-8-26/h4-7,10,12,17,20H,3,8-9,11,26H2,1-2H3,(H2,27,30)(H,28,29)(H,31,34)(H,36,37)(H,38,39,40)/b32-19-/t17-,20?/m0/s1. The first-order chi connectivity index (χ1) is 21.2. The third-order valence-electron chi connectivity index (χ3n) is 6.40. The quantitative estimate of drug-likeness (QED) is 0.0413. The minimum Gasteiger partial charge on any atom is -0.489 e. The van der Waals surface area contributed by atoms with Crippen molar-refractivity contribution < 1.29 is 46.3 Å². The van der Waals surface area contributed by atoms with Gasteiger partial charge < -0.3 is 36.8 Å². The van der Waals surface area contributed by atoms with Crippen LogP contribution in [0.2, 0.25) is 0 Å². The Morgan fingerprint density at radius 1 is 1.24 bits per heavy atom. The van der Waals surface area contributed by atoms with E-state index in [1.54, 1.807) is 24.3 Å². The van der Waals surface area contributed by atoms with Crippen molar-refractivity contribution in [1.82, 2.24) is 20.3 Å². The average Bonchev–Trinajstić information content (AvgIpc) is 3.41. The SMILES string of the molecule is CC1(C)C(NC(=O)/C(=N\O[C@@H](COc2ccc3nc(NCCCN)ccc3c2)C(=O)O)c2csc(N)n2)C(=O)N1OS(=O)(=O)O. The second kappa shape index (κ2) is 13.6. The van der Waals surface area contributed by atoms with Crippen molar-refractivity contribution in [2.75, 3.05) is 30.7 Å². The van der Waals surface area contributed by atoms with Gasteiger partial charge in [-0.05, 0) is 57.1 Å². The summed E-state index contributed by atoms with van der Waals surface area (Å²) < 4.78 is 41.0. The zero-order valence-electron chi connectivity index (χ0n) is 23.9. The first-order valence-corrected chi connectivity index (χ1v) is 15.4. The highest BCUT2D eigenvalue weighted by Gasteiger charge is 2.58. The van der Waals surface area contributed by atoms with Crippen molar-refractivity contribution in [1.29, 1.82) is 0 Å². The molecule has 2 aromatic heterocycles. The van der Waals surface area contributed by atoms with Crippen molar-refractivity contribution >= 4 is 67.1 Å². The Labute approximate surface area is 260 Å². The molecule has 1 fully saturated rings. The molecule has 0 saturated carbocycles. The molecular weight excluding hydrogens is 636 g/mol. The highest BCUT2D eigenvalue weighted by molar-refractivity contribution is 7.80. The van der Waals surface area contributed by atoms with E-state index in [9.17, 15) is 27.9 Å². The number of ether oxygens (including phenoxy) is 1. The number of anilines is 2.